The molecule has 3 aromatic carbocycles. The Morgan fingerprint density at radius 2 is 1.64 bits per heavy atom. The Kier molecular flexibility index (Phi) is 8.92. The number of carbonyl (C=O) groups excluding carboxylic acids is 3. The van der Waals surface area contributed by atoms with Crippen LogP contribution in [0.2, 0.25) is 0 Å². The topological polar surface area (TPSA) is 134 Å². The number of nitrogens with zero attached hydrogens (tertiary/aromatic N) is 1. The van der Waals surface area contributed by atoms with Crippen LogP contribution in [-0.4, -0.2) is 39.6 Å². The standard InChI is InChI=1S/C24H24N4O6S2/c1-17-10-12-21(13-11-17)36(32,33)27-23(30)26-19-7-5-6-18(16-19)22(29)34-15-14-25-24(31)28(35)20-8-3-2-4-9-20/h2-13,16,35H,14-15H2,1H3,(H,25,31)(H2,26,27,30). The van der Waals surface area contributed by atoms with E-state index in [0.717, 1.165) is 9.87 Å². The highest BCUT2D eigenvalue weighted by Gasteiger charge is 2.18. The summed E-state index contributed by atoms with van der Waals surface area (Å²) in [7, 11) is -4.07. The third-order valence-corrected chi connectivity index (χ3v) is 6.48. The van der Waals surface area contributed by atoms with Crippen LogP contribution in [0, 0.1) is 6.92 Å². The van der Waals surface area contributed by atoms with Gasteiger partial charge in [-0.1, -0.05) is 54.8 Å². The molecule has 0 aromatic heterocycles. The molecule has 3 aromatic rings. The number of amides is 4. The first-order chi connectivity index (χ1) is 17.2. The maximum Gasteiger partial charge on any atom is 0.338 e. The molecule has 0 aliphatic heterocycles. The van der Waals surface area contributed by atoms with Crippen molar-refractivity contribution < 1.29 is 27.5 Å². The van der Waals surface area contributed by atoms with E-state index in [1.807, 2.05) is 17.7 Å². The number of esters is 1. The first kappa shape index (κ1) is 26.6. The molecule has 0 unspecified atom stereocenters. The molecule has 0 aliphatic rings. The number of aryl methyl sites for hydroxylation is 1. The lowest BCUT2D eigenvalue weighted by atomic mass is 10.2. The van der Waals surface area contributed by atoms with Crippen LogP contribution in [0.1, 0.15) is 15.9 Å². The van der Waals surface area contributed by atoms with Gasteiger partial charge < -0.3 is 15.4 Å². The van der Waals surface area contributed by atoms with Gasteiger partial charge in [0, 0.05) is 5.69 Å². The lowest BCUT2D eigenvalue weighted by molar-refractivity contribution is 0.0510. The van der Waals surface area contributed by atoms with Gasteiger partial charge in [0.25, 0.3) is 10.0 Å². The predicted octanol–water partition coefficient (Wildman–Crippen LogP) is 3.72. The molecule has 188 valence electrons. The van der Waals surface area contributed by atoms with Gasteiger partial charge in [0.15, 0.2) is 0 Å². The highest BCUT2D eigenvalue weighted by atomic mass is 32.2. The van der Waals surface area contributed by atoms with Gasteiger partial charge in [-0.3, -0.25) is 0 Å². The van der Waals surface area contributed by atoms with E-state index < -0.39 is 28.1 Å². The molecule has 0 spiro atoms. The molecule has 0 heterocycles. The second-order valence-corrected chi connectivity index (χ2v) is 9.55. The average molecular weight is 529 g/mol. The monoisotopic (exact) mass is 528 g/mol. The van der Waals surface area contributed by atoms with Crippen LogP contribution >= 0.6 is 12.8 Å². The molecule has 36 heavy (non-hydrogen) atoms. The van der Waals surface area contributed by atoms with Gasteiger partial charge in [-0.25, -0.2) is 31.8 Å². The van der Waals surface area contributed by atoms with E-state index in [-0.39, 0.29) is 29.3 Å². The number of sulfonamides is 1. The van der Waals surface area contributed by atoms with Crippen molar-refractivity contribution in [2.75, 3.05) is 22.8 Å². The molecule has 4 amide bonds. The number of hydrogen-bond donors (Lipinski definition) is 4. The van der Waals surface area contributed by atoms with Gasteiger partial charge >= 0.3 is 18.0 Å². The number of hydrogen-bond acceptors (Lipinski definition) is 7. The van der Waals surface area contributed by atoms with E-state index in [2.05, 4.69) is 23.4 Å². The van der Waals surface area contributed by atoms with E-state index >= 15 is 0 Å². The number of carbonyl (C=O) groups is 3. The Hall–Kier alpha value is -4.03. The zero-order valence-electron chi connectivity index (χ0n) is 19.2. The largest absolute Gasteiger partial charge is 0.460 e. The van der Waals surface area contributed by atoms with Crippen LogP contribution in [0.4, 0.5) is 21.0 Å². The lowest BCUT2D eigenvalue weighted by Gasteiger charge is -2.16. The van der Waals surface area contributed by atoms with Gasteiger partial charge in [0.2, 0.25) is 0 Å². The number of anilines is 2. The van der Waals surface area contributed by atoms with E-state index in [9.17, 15) is 22.8 Å². The van der Waals surface area contributed by atoms with Gasteiger partial charge in [0.05, 0.1) is 22.7 Å². The van der Waals surface area contributed by atoms with Gasteiger partial charge in [-0.05, 0) is 49.4 Å². The molecule has 0 aliphatic carbocycles. The zero-order valence-corrected chi connectivity index (χ0v) is 20.9. The fourth-order valence-corrected chi connectivity index (χ4v) is 4.04. The molecule has 0 saturated carbocycles. The molecule has 0 radical (unpaired) electrons. The molecule has 0 fully saturated rings. The van der Waals surface area contributed by atoms with Gasteiger partial charge in [0.1, 0.15) is 6.61 Å². The summed E-state index contributed by atoms with van der Waals surface area (Å²) in [6.07, 6.45) is 0. The molecular formula is C24H24N4O6S2. The summed E-state index contributed by atoms with van der Waals surface area (Å²) in [6, 6.07) is 19.1. The Morgan fingerprint density at radius 1 is 0.944 bits per heavy atom. The van der Waals surface area contributed by atoms with Crippen molar-refractivity contribution in [3.8, 4) is 0 Å². The first-order valence-electron chi connectivity index (χ1n) is 10.7. The summed E-state index contributed by atoms with van der Waals surface area (Å²) in [5.74, 6) is -0.689. The Morgan fingerprint density at radius 3 is 2.33 bits per heavy atom. The summed E-state index contributed by atoms with van der Waals surface area (Å²) < 4.78 is 32.9. The fraction of sp³-hybridized carbons (Fsp3) is 0.125. The second-order valence-electron chi connectivity index (χ2n) is 7.47. The summed E-state index contributed by atoms with van der Waals surface area (Å²) in [5.41, 5.74) is 1.76. The first-order valence-corrected chi connectivity index (χ1v) is 12.5. The fourth-order valence-electron chi connectivity index (χ4n) is 2.93. The number of nitrogens with one attached hydrogen (secondary N) is 3. The van der Waals surface area contributed by atoms with Crippen molar-refractivity contribution in [2.24, 2.45) is 0 Å². The zero-order chi connectivity index (χ0) is 26.1. The van der Waals surface area contributed by atoms with Crippen LogP contribution in [0.25, 0.3) is 0 Å². The number of rotatable bonds is 8. The number of benzene rings is 3. The van der Waals surface area contributed by atoms with Crippen molar-refractivity contribution in [3.05, 3.63) is 90.0 Å². The SMILES string of the molecule is Cc1ccc(S(=O)(=O)NC(=O)Nc2cccc(C(=O)OCCNC(=O)N(S)c3ccccc3)c2)cc1. The Labute approximate surface area is 214 Å². The van der Waals surface area contributed by atoms with Crippen LogP contribution < -0.4 is 19.7 Å². The predicted molar refractivity (Wildman–Crippen MR) is 139 cm³/mol. The lowest BCUT2D eigenvalue weighted by Crippen LogP contribution is -2.36. The van der Waals surface area contributed by atoms with Crippen LogP contribution in [0.15, 0.2) is 83.8 Å². The average Bonchev–Trinajstić information content (AvgIpc) is 2.86. The quantitative estimate of drug-likeness (QED) is 0.200. The molecule has 10 nitrogen and oxygen atoms in total. The molecule has 0 bridgehead atoms. The van der Waals surface area contributed by atoms with Crippen LogP contribution in [-0.2, 0) is 14.8 Å². The minimum absolute atomic E-state index is 0.0473. The van der Waals surface area contributed by atoms with E-state index in [1.165, 1.54) is 36.4 Å². The molecule has 0 atom stereocenters. The minimum atomic E-state index is -4.07. The van der Waals surface area contributed by atoms with E-state index in [4.69, 9.17) is 4.74 Å². The van der Waals surface area contributed by atoms with Crippen molar-refractivity contribution in [2.45, 2.75) is 11.8 Å². The maximum absolute atomic E-state index is 12.4. The highest BCUT2D eigenvalue weighted by molar-refractivity contribution is 7.90. The summed E-state index contributed by atoms with van der Waals surface area (Å²) in [6.45, 7) is 1.76. The minimum Gasteiger partial charge on any atom is -0.460 e. The van der Waals surface area contributed by atoms with Crippen LogP contribution in [0.5, 0.6) is 0 Å². The Balaban J connectivity index is 1.48. The van der Waals surface area contributed by atoms with Gasteiger partial charge in [-0.15, -0.1) is 0 Å². The number of thiol groups is 1. The molecular weight excluding hydrogens is 504 g/mol. The van der Waals surface area contributed by atoms with E-state index in [0.29, 0.717) is 5.69 Å². The number of urea groups is 2. The molecule has 3 N–H and O–H groups in total. The normalized spacial score (nSPS) is 10.7. The van der Waals surface area contributed by atoms with E-state index in [1.54, 1.807) is 36.4 Å². The Bertz CT molecular complexity index is 1330. The van der Waals surface area contributed by atoms with Crippen molar-refractivity contribution in [1.29, 1.82) is 0 Å². The van der Waals surface area contributed by atoms with Crippen molar-refractivity contribution >= 4 is 52.2 Å². The molecule has 3 rings (SSSR count). The summed E-state index contributed by atoms with van der Waals surface area (Å²) >= 11 is 4.14. The smallest absolute Gasteiger partial charge is 0.338 e. The number of para-hydroxylation sites is 1. The van der Waals surface area contributed by atoms with Crippen molar-refractivity contribution in [3.63, 3.8) is 0 Å². The summed E-state index contributed by atoms with van der Waals surface area (Å²) in [5, 5.41) is 4.95. The molecule has 12 heteroatoms. The van der Waals surface area contributed by atoms with Crippen molar-refractivity contribution in [1.82, 2.24) is 10.0 Å². The maximum atomic E-state index is 12.4. The third kappa shape index (κ3) is 7.48. The van der Waals surface area contributed by atoms with Gasteiger partial charge in [-0.2, -0.15) is 0 Å². The number of ether oxygens (including phenoxy) is 1. The van der Waals surface area contributed by atoms with Crippen LogP contribution in [0.3, 0.4) is 0 Å². The third-order valence-electron chi connectivity index (χ3n) is 4.72. The summed E-state index contributed by atoms with van der Waals surface area (Å²) in [4.78, 5) is 36.6. The second kappa shape index (κ2) is 12.1. The molecule has 0 saturated heterocycles. The highest BCUT2D eigenvalue weighted by Crippen LogP contribution is 2.15.